The van der Waals surface area contributed by atoms with E-state index >= 15 is 0 Å². The molecule has 1 aliphatic rings. The molecule has 0 fully saturated rings. The molecule has 1 N–H and O–H groups in total. The maximum atomic E-state index is 12.3. The number of nitrogens with one attached hydrogen (secondary N) is 1. The largest absolute Gasteiger partial charge is 0.465 e. The Balaban J connectivity index is 1.79. The second kappa shape index (κ2) is 8.45. The quantitative estimate of drug-likeness (QED) is 0.260. The van der Waals surface area contributed by atoms with Gasteiger partial charge in [-0.1, -0.05) is 17.8 Å². The number of hydrogen-bond acceptors (Lipinski definition) is 7. The van der Waals surface area contributed by atoms with Gasteiger partial charge in [0.15, 0.2) is 0 Å². The predicted molar refractivity (Wildman–Crippen MR) is 106 cm³/mol. The molecule has 0 saturated carbocycles. The Kier molecular flexibility index (Phi) is 6.02. The highest BCUT2D eigenvalue weighted by atomic mass is 32.1. The summed E-state index contributed by atoms with van der Waals surface area (Å²) in [6, 6.07) is 2.98. The molecule has 1 aliphatic carbocycles. The molecule has 2 aromatic heterocycles. The summed E-state index contributed by atoms with van der Waals surface area (Å²) >= 11 is 2.41. The van der Waals surface area contributed by atoms with Gasteiger partial charge in [0.2, 0.25) is 5.91 Å². The van der Waals surface area contributed by atoms with Gasteiger partial charge in [-0.25, -0.2) is 4.79 Å². The molecule has 0 bridgehead atoms. The molecule has 2 heterocycles. The van der Waals surface area contributed by atoms with Crippen molar-refractivity contribution in [3.8, 4) is 0 Å². The van der Waals surface area contributed by atoms with Crippen molar-refractivity contribution in [2.24, 2.45) is 0 Å². The molecule has 0 unspecified atom stereocenters. The summed E-state index contributed by atoms with van der Waals surface area (Å²) in [5, 5.41) is 14.0. The molecule has 27 heavy (non-hydrogen) atoms. The molecule has 0 aromatic carbocycles. The summed E-state index contributed by atoms with van der Waals surface area (Å²) < 4.78 is 4.91. The lowest BCUT2D eigenvalue weighted by molar-refractivity contribution is -0.380. The SMILES string of the molecule is COC(=O)c1c(NC(=O)C=Cc2ccc([N+](=O)[O-])s2)sc2c1CCCCC2. The first kappa shape index (κ1) is 19.2. The summed E-state index contributed by atoms with van der Waals surface area (Å²) in [6.45, 7) is 0. The van der Waals surface area contributed by atoms with Gasteiger partial charge < -0.3 is 10.1 Å². The molecule has 7 nitrogen and oxygen atoms in total. The summed E-state index contributed by atoms with van der Waals surface area (Å²) in [5.41, 5.74) is 1.44. The van der Waals surface area contributed by atoms with E-state index < -0.39 is 16.8 Å². The maximum Gasteiger partial charge on any atom is 0.341 e. The van der Waals surface area contributed by atoms with Crippen molar-refractivity contribution in [3.63, 3.8) is 0 Å². The second-order valence-corrected chi connectivity index (χ2v) is 8.21. The van der Waals surface area contributed by atoms with E-state index in [-0.39, 0.29) is 5.00 Å². The zero-order valence-electron chi connectivity index (χ0n) is 14.6. The summed E-state index contributed by atoms with van der Waals surface area (Å²) in [7, 11) is 1.33. The minimum atomic E-state index is -0.469. The Bertz CT molecular complexity index is 913. The average Bonchev–Trinajstić information content (AvgIpc) is 3.18. The number of amides is 1. The van der Waals surface area contributed by atoms with Crippen LogP contribution in [0.15, 0.2) is 18.2 Å². The highest BCUT2D eigenvalue weighted by Crippen LogP contribution is 2.38. The molecule has 1 amide bonds. The Morgan fingerprint density at radius 1 is 1.22 bits per heavy atom. The van der Waals surface area contributed by atoms with Gasteiger partial charge in [-0.15, -0.1) is 11.3 Å². The first-order chi connectivity index (χ1) is 13.0. The van der Waals surface area contributed by atoms with Crippen LogP contribution in [0.4, 0.5) is 10.0 Å². The average molecular weight is 406 g/mol. The monoisotopic (exact) mass is 406 g/mol. The number of ether oxygens (including phenoxy) is 1. The summed E-state index contributed by atoms with van der Waals surface area (Å²) in [4.78, 5) is 36.5. The van der Waals surface area contributed by atoms with E-state index in [1.165, 1.54) is 36.7 Å². The number of esters is 1. The van der Waals surface area contributed by atoms with Gasteiger partial charge in [-0.2, -0.15) is 0 Å². The van der Waals surface area contributed by atoms with Crippen LogP contribution in [0.2, 0.25) is 0 Å². The number of nitrogens with zero attached hydrogens (tertiary/aromatic N) is 1. The molecule has 9 heteroatoms. The topological polar surface area (TPSA) is 98.5 Å². The van der Waals surface area contributed by atoms with Crippen molar-refractivity contribution in [3.05, 3.63) is 49.2 Å². The number of hydrogen-bond donors (Lipinski definition) is 1. The van der Waals surface area contributed by atoms with E-state index in [1.54, 1.807) is 6.07 Å². The third kappa shape index (κ3) is 4.42. The Labute approximate surface area is 163 Å². The van der Waals surface area contributed by atoms with E-state index in [4.69, 9.17) is 4.74 Å². The number of methoxy groups -OCH3 is 1. The van der Waals surface area contributed by atoms with Crippen LogP contribution in [-0.4, -0.2) is 23.9 Å². The third-order valence-electron chi connectivity index (χ3n) is 4.24. The minimum Gasteiger partial charge on any atom is -0.465 e. The smallest absolute Gasteiger partial charge is 0.341 e. The van der Waals surface area contributed by atoms with Gasteiger partial charge in [0.25, 0.3) is 0 Å². The molecule has 142 valence electrons. The molecule has 0 atom stereocenters. The molecule has 0 spiro atoms. The zero-order chi connectivity index (χ0) is 19.4. The highest BCUT2D eigenvalue weighted by Gasteiger charge is 2.25. The first-order valence-electron chi connectivity index (χ1n) is 8.45. The Morgan fingerprint density at radius 3 is 2.70 bits per heavy atom. The Hall–Kier alpha value is -2.52. The van der Waals surface area contributed by atoms with Gasteiger partial charge in [0.05, 0.1) is 17.6 Å². The number of carbonyl (C=O) groups is 2. The van der Waals surface area contributed by atoms with Crippen molar-refractivity contribution < 1.29 is 19.2 Å². The maximum absolute atomic E-state index is 12.3. The third-order valence-corrected chi connectivity index (χ3v) is 6.45. The van der Waals surface area contributed by atoms with Crippen LogP contribution < -0.4 is 5.32 Å². The highest BCUT2D eigenvalue weighted by molar-refractivity contribution is 7.17. The number of thiophene rings is 2. The first-order valence-corrected chi connectivity index (χ1v) is 10.1. The van der Waals surface area contributed by atoms with Crippen LogP contribution in [0, 0.1) is 10.1 Å². The summed E-state index contributed by atoms with van der Waals surface area (Å²) in [6.07, 6.45) is 7.73. The van der Waals surface area contributed by atoms with Crippen LogP contribution >= 0.6 is 22.7 Å². The van der Waals surface area contributed by atoms with Gasteiger partial charge in [-0.05, 0) is 43.4 Å². The van der Waals surface area contributed by atoms with E-state index in [9.17, 15) is 19.7 Å². The molecule has 0 radical (unpaired) electrons. The van der Waals surface area contributed by atoms with Crippen LogP contribution in [-0.2, 0) is 22.4 Å². The molecule has 0 aliphatic heterocycles. The van der Waals surface area contributed by atoms with Crippen molar-refractivity contribution in [1.82, 2.24) is 0 Å². The van der Waals surface area contributed by atoms with E-state index in [2.05, 4.69) is 5.32 Å². The van der Waals surface area contributed by atoms with Gasteiger partial charge >= 0.3 is 11.0 Å². The zero-order valence-corrected chi connectivity index (χ0v) is 16.3. The van der Waals surface area contributed by atoms with Crippen LogP contribution in [0.25, 0.3) is 6.08 Å². The van der Waals surface area contributed by atoms with Gasteiger partial charge in [0, 0.05) is 21.9 Å². The summed E-state index contributed by atoms with van der Waals surface area (Å²) in [5.74, 6) is -0.838. The Morgan fingerprint density at radius 2 is 2.00 bits per heavy atom. The number of fused-ring (bicyclic) bond motifs is 1. The van der Waals surface area contributed by atoms with Crippen molar-refractivity contribution in [2.45, 2.75) is 32.1 Å². The number of carbonyl (C=O) groups excluding carboxylic acids is 2. The molecule has 3 rings (SSSR count). The molecule has 0 saturated heterocycles. The predicted octanol–water partition coefficient (Wildman–Crippen LogP) is 4.43. The fraction of sp³-hybridized carbons (Fsp3) is 0.333. The van der Waals surface area contributed by atoms with Crippen LogP contribution in [0.3, 0.4) is 0 Å². The van der Waals surface area contributed by atoms with Crippen molar-refractivity contribution in [1.29, 1.82) is 0 Å². The lowest BCUT2D eigenvalue weighted by atomic mass is 10.1. The van der Waals surface area contributed by atoms with Crippen LogP contribution in [0.1, 0.15) is 44.9 Å². The standard InChI is InChI=1S/C18H18N2O5S2/c1-25-18(22)16-12-5-3-2-4-6-13(12)27-17(16)19-14(21)9-7-11-8-10-15(26-11)20(23)24/h7-10H,2-6H2,1H3,(H,19,21). The van der Waals surface area contributed by atoms with E-state index in [1.807, 2.05) is 0 Å². The van der Waals surface area contributed by atoms with E-state index in [0.717, 1.165) is 53.9 Å². The minimum absolute atomic E-state index is 0.0185. The van der Waals surface area contributed by atoms with Gasteiger partial charge in [0.1, 0.15) is 5.00 Å². The second-order valence-electron chi connectivity index (χ2n) is 6.02. The molecular formula is C18H18N2O5S2. The number of anilines is 1. The molecular weight excluding hydrogens is 388 g/mol. The van der Waals surface area contributed by atoms with Crippen molar-refractivity contribution in [2.75, 3.05) is 12.4 Å². The number of rotatable bonds is 5. The lowest BCUT2D eigenvalue weighted by Crippen LogP contribution is -2.12. The number of nitro groups is 1. The normalized spacial score (nSPS) is 13.8. The lowest BCUT2D eigenvalue weighted by Gasteiger charge is -2.06. The van der Waals surface area contributed by atoms with Crippen LogP contribution in [0.5, 0.6) is 0 Å². The number of aryl methyl sites for hydroxylation is 1. The van der Waals surface area contributed by atoms with Crippen molar-refractivity contribution >= 4 is 50.6 Å². The molecule has 2 aromatic rings. The van der Waals surface area contributed by atoms with E-state index in [0.29, 0.717) is 15.4 Å². The van der Waals surface area contributed by atoms with Gasteiger partial charge in [-0.3, -0.25) is 14.9 Å². The fourth-order valence-electron chi connectivity index (χ4n) is 2.99. The fourth-order valence-corrected chi connectivity index (χ4v) is 4.99.